The number of amides is 1. The number of rotatable bonds is 3. The van der Waals surface area contributed by atoms with E-state index in [0.29, 0.717) is 32.3 Å². The summed E-state index contributed by atoms with van der Waals surface area (Å²) in [7, 11) is 0. The SMILES string of the molecule is Cc1ccc(-c2c(C#N)c(N)nc3sc(C(=O)Nc4sc5c(c4C#N)CCC(C)C5)c(N)c23)cc1. The number of nitrogens with zero attached hydrogens (tertiary/aromatic N) is 3. The fourth-order valence-electron chi connectivity index (χ4n) is 4.58. The van der Waals surface area contributed by atoms with Gasteiger partial charge in [-0.1, -0.05) is 36.8 Å². The van der Waals surface area contributed by atoms with Crippen LogP contribution < -0.4 is 16.8 Å². The molecule has 9 heteroatoms. The Kier molecular flexibility index (Phi) is 5.68. The average molecular weight is 499 g/mol. The van der Waals surface area contributed by atoms with Crippen LogP contribution >= 0.6 is 22.7 Å². The van der Waals surface area contributed by atoms with E-state index < -0.39 is 5.91 Å². The van der Waals surface area contributed by atoms with Gasteiger partial charge < -0.3 is 16.8 Å². The summed E-state index contributed by atoms with van der Waals surface area (Å²) in [5.74, 6) is 0.247. The van der Waals surface area contributed by atoms with Crippen molar-refractivity contribution in [2.24, 2.45) is 5.92 Å². The number of anilines is 3. The fourth-order valence-corrected chi connectivity index (χ4v) is 6.94. The Morgan fingerprint density at radius 2 is 1.86 bits per heavy atom. The number of thiophene rings is 2. The van der Waals surface area contributed by atoms with E-state index in [1.807, 2.05) is 31.2 Å². The molecule has 1 aromatic carbocycles. The van der Waals surface area contributed by atoms with E-state index in [1.54, 1.807) is 0 Å². The Bertz CT molecular complexity index is 1580. The van der Waals surface area contributed by atoms with Gasteiger partial charge in [0.1, 0.15) is 38.2 Å². The molecule has 5 N–H and O–H groups in total. The molecule has 1 unspecified atom stereocenters. The first kappa shape index (κ1) is 22.9. The smallest absolute Gasteiger partial charge is 0.268 e. The molecule has 174 valence electrons. The number of pyridine rings is 1. The van der Waals surface area contributed by atoms with Gasteiger partial charge in [0.2, 0.25) is 0 Å². The molecule has 4 aromatic rings. The molecular weight excluding hydrogens is 476 g/mol. The van der Waals surface area contributed by atoms with Crippen molar-refractivity contribution < 1.29 is 4.79 Å². The van der Waals surface area contributed by atoms with E-state index >= 15 is 0 Å². The van der Waals surface area contributed by atoms with Gasteiger partial charge in [0.05, 0.1) is 11.3 Å². The van der Waals surface area contributed by atoms with Crippen LogP contribution in [0.2, 0.25) is 0 Å². The highest BCUT2D eigenvalue weighted by Crippen LogP contribution is 2.44. The molecule has 1 aliphatic rings. The van der Waals surface area contributed by atoms with Crippen LogP contribution in [-0.4, -0.2) is 10.9 Å². The number of fused-ring (bicyclic) bond motifs is 2. The number of hydrogen-bond donors (Lipinski definition) is 3. The number of nitriles is 2. The van der Waals surface area contributed by atoms with Crippen LogP contribution in [0.25, 0.3) is 21.3 Å². The molecule has 1 amide bonds. The number of nitrogens with one attached hydrogen (secondary N) is 1. The summed E-state index contributed by atoms with van der Waals surface area (Å²) in [4.78, 5) is 19.7. The molecule has 7 nitrogen and oxygen atoms in total. The second-order valence-electron chi connectivity index (χ2n) is 8.87. The monoisotopic (exact) mass is 498 g/mol. The number of aromatic nitrogens is 1. The van der Waals surface area contributed by atoms with Crippen LogP contribution in [0.4, 0.5) is 16.5 Å². The van der Waals surface area contributed by atoms with Crippen molar-refractivity contribution in [3.05, 3.63) is 56.3 Å². The predicted molar refractivity (Wildman–Crippen MR) is 142 cm³/mol. The quantitative estimate of drug-likeness (QED) is 0.335. The van der Waals surface area contributed by atoms with Crippen molar-refractivity contribution in [1.82, 2.24) is 4.98 Å². The summed E-state index contributed by atoms with van der Waals surface area (Å²) < 4.78 is 0. The summed E-state index contributed by atoms with van der Waals surface area (Å²) >= 11 is 2.60. The molecule has 3 aromatic heterocycles. The maximum absolute atomic E-state index is 13.4. The molecule has 0 saturated carbocycles. The number of carbonyl (C=O) groups excluding carboxylic acids is 1. The van der Waals surface area contributed by atoms with E-state index in [4.69, 9.17) is 11.5 Å². The zero-order valence-corrected chi connectivity index (χ0v) is 20.9. The minimum atomic E-state index is -0.402. The number of nitrogen functional groups attached to an aromatic ring is 2. The van der Waals surface area contributed by atoms with Crippen molar-refractivity contribution in [2.75, 3.05) is 16.8 Å². The molecule has 0 fully saturated rings. The second-order valence-corrected chi connectivity index (χ2v) is 11.0. The van der Waals surface area contributed by atoms with Gasteiger partial charge in [-0.05, 0) is 43.2 Å². The maximum Gasteiger partial charge on any atom is 0.268 e. The minimum absolute atomic E-state index is 0.0931. The van der Waals surface area contributed by atoms with Gasteiger partial charge in [-0.15, -0.1) is 22.7 Å². The highest BCUT2D eigenvalue weighted by molar-refractivity contribution is 7.21. The number of nitrogens with two attached hydrogens (primary N) is 2. The Morgan fingerprint density at radius 3 is 2.54 bits per heavy atom. The topological polar surface area (TPSA) is 142 Å². The Balaban J connectivity index is 1.61. The van der Waals surface area contributed by atoms with Crippen LogP contribution in [0.15, 0.2) is 24.3 Å². The molecule has 0 aliphatic heterocycles. The highest BCUT2D eigenvalue weighted by Gasteiger charge is 2.28. The number of aryl methyl sites for hydroxylation is 1. The van der Waals surface area contributed by atoms with E-state index in [9.17, 15) is 15.3 Å². The molecular formula is C26H22N6OS2. The second kappa shape index (κ2) is 8.70. The zero-order chi connectivity index (χ0) is 24.9. The zero-order valence-electron chi connectivity index (χ0n) is 19.2. The standard InChI is InChI=1S/C26H22N6OS2/c1-12-3-6-14(7-4-12)19-17(11-28)23(30)31-26-20(19)21(29)22(35-26)24(33)32-25-16(10-27)15-8-5-13(2)9-18(15)34-25/h3-4,6-7,13H,5,8-9,29H2,1-2H3,(H2,30,31)(H,32,33). The van der Waals surface area contributed by atoms with Gasteiger partial charge in [-0.2, -0.15) is 10.5 Å². The summed E-state index contributed by atoms with van der Waals surface area (Å²) in [6.07, 6.45) is 2.79. The normalized spacial score (nSPS) is 14.8. The Hall–Kier alpha value is -3.92. The largest absolute Gasteiger partial charge is 0.397 e. The number of hydrogen-bond acceptors (Lipinski definition) is 8. The van der Waals surface area contributed by atoms with Crippen molar-refractivity contribution in [3.8, 4) is 23.3 Å². The molecule has 0 saturated heterocycles. The van der Waals surface area contributed by atoms with Gasteiger partial charge in [0.15, 0.2) is 0 Å². The van der Waals surface area contributed by atoms with Crippen molar-refractivity contribution in [1.29, 1.82) is 10.5 Å². The van der Waals surface area contributed by atoms with E-state index in [1.165, 1.54) is 11.3 Å². The van der Waals surface area contributed by atoms with Crippen molar-refractivity contribution in [2.45, 2.75) is 33.1 Å². The van der Waals surface area contributed by atoms with Gasteiger partial charge in [0, 0.05) is 15.8 Å². The molecule has 0 radical (unpaired) electrons. The lowest BCUT2D eigenvalue weighted by molar-refractivity contribution is 0.103. The molecule has 35 heavy (non-hydrogen) atoms. The van der Waals surface area contributed by atoms with Crippen LogP contribution in [0.3, 0.4) is 0 Å². The first-order valence-corrected chi connectivity index (χ1v) is 12.8. The Labute approximate surface area is 210 Å². The first-order chi connectivity index (χ1) is 16.8. The van der Waals surface area contributed by atoms with Gasteiger partial charge in [-0.25, -0.2) is 4.98 Å². The molecule has 5 rings (SSSR count). The van der Waals surface area contributed by atoms with Crippen molar-refractivity contribution in [3.63, 3.8) is 0 Å². The van der Waals surface area contributed by atoms with Gasteiger partial charge in [-0.3, -0.25) is 4.79 Å². The molecule has 1 aliphatic carbocycles. The lowest BCUT2D eigenvalue weighted by atomic mass is 9.89. The third-order valence-corrected chi connectivity index (χ3v) is 8.68. The third-order valence-electron chi connectivity index (χ3n) is 6.41. The summed E-state index contributed by atoms with van der Waals surface area (Å²) in [5.41, 5.74) is 17.1. The molecule has 0 bridgehead atoms. The van der Waals surface area contributed by atoms with Crippen LogP contribution in [-0.2, 0) is 12.8 Å². The lowest BCUT2D eigenvalue weighted by Gasteiger charge is -2.17. The molecule has 1 atom stereocenters. The van der Waals surface area contributed by atoms with Crippen LogP contribution in [0.5, 0.6) is 0 Å². The van der Waals surface area contributed by atoms with Crippen molar-refractivity contribution >= 4 is 55.3 Å². The minimum Gasteiger partial charge on any atom is -0.397 e. The Morgan fingerprint density at radius 1 is 1.14 bits per heavy atom. The van der Waals surface area contributed by atoms with Gasteiger partial charge >= 0.3 is 0 Å². The summed E-state index contributed by atoms with van der Waals surface area (Å²) in [6, 6.07) is 12.1. The van der Waals surface area contributed by atoms with Gasteiger partial charge in [0.25, 0.3) is 5.91 Å². The van der Waals surface area contributed by atoms with E-state index in [-0.39, 0.29) is 21.9 Å². The molecule has 3 heterocycles. The molecule has 0 spiro atoms. The predicted octanol–water partition coefficient (Wildman–Crippen LogP) is 5.62. The summed E-state index contributed by atoms with van der Waals surface area (Å²) in [6.45, 7) is 4.18. The fraction of sp³-hybridized carbons (Fsp3) is 0.231. The van der Waals surface area contributed by atoms with E-state index in [2.05, 4.69) is 29.4 Å². The maximum atomic E-state index is 13.4. The highest BCUT2D eigenvalue weighted by atomic mass is 32.1. The lowest BCUT2D eigenvalue weighted by Crippen LogP contribution is -2.12. The third kappa shape index (κ3) is 3.79. The van der Waals surface area contributed by atoms with Crippen LogP contribution in [0, 0.1) is 35.5 Å². The summed E-state index contributed by atoms with van der Waals surface area (Å²) in [5, 5.41) is 23.6. The number of carbonyl (C=O) groups is 1. The average Bonchev–Trinajstić information content (AvgIpc) is 3.34. The number of benzene rings is 1. The first-order valence-electron chi connectivity index (χ1n) is 11.2. The van der Waals surface area contributed by atoms with E-state index in [0.717, 1.165) is 52.2 Å². The van der Waals surface area contributed by atoms with Crippen LogP contribution in [0.1, 0.15) is 50.1 Å².